The van der Waals surface area contributed by atoms with E-state index < -0.39 is 0 Å². The molecule has 5 heterocycles. The Labute approximate surface area is 271 Å². The van der Waals surface area contributed by atoms with E-state index in [1.165, 1.54) is 12.8 Å². The monoisotopic (exact) mass is 628 g/mol. The number of aromatic nitrogens is 6. The third-order valence-electron chi connectivity index (χ3n) is 10.4. The number of piperidine rings is 1. The molecule has 2 bridgehead atoms. The molecule has 4 aromatic heterocycles. The fourth-order valence-corrected chi connectivity index (χ4v) is 7.68. The molecule has 2 aromatic carbocycles. The molecule has 1 saturated heterocycles. The quantitative estimate of drug-likeness (QED) is 0.242. The van der Waals surface area contributed by atoms with E-state index >= 15 is 0 Å². The summed E-state index contributed by atoms with van der Waals surface area (Å²) in [5.74, 6) is 3.48. The van der Waals surface area contributed by atoms with E-state index in [9.17, 15) is 4.79 Å². The number of hydrogen-bond donors (Lipinski definition) is 1. The highest BCUT2D eigenvalue weighted by molar-refractivity contribution is 6.00. The van der Waals surface area contributed by atoms with Crippen LogP contribution in [-0.2, 0) is 13.6 Å². The third kappa shape index (κ3) is 4.55. The first-order valence-corrected chi connectivity index (χ1v) is 16.4. The van der Waals surface area contributed by atoms with E-state index in [-0.39, 0.29) is 18.0 Å². The van der Waals surface area contributed by atoms with Crippen molar-refractivity contribution in [2.24, 2.45) is 24.6 Å². The molecule has 6 aromatic rings. The first-order chi connectivity index (χ1) is 22.9. The lowest BCUT2D eigenvalue weighted by atomic mass is 10.1. The van der Waals surface area contributed by atoms with Crippen molar-refractivity contribution in [1.29, 1.82) is 0 Å². The van der Waals surface area contributed by atoms with Gasteiger partial charge in [0.1, 0.15) is 16.9 Å². The highest BCUT2D eigenvalue weighted by Gasteiger charge is 2.47. The van der Waals surface area contributed by atoms with E-state index in [0.717, 1.165) is 76.3 Å². The number of hydrogen-bond acceptors (Lipinski definition) is 8. The number of amides is 1. The number of pyridine rings is 1. The van der Waals surface area contributed by atoms with E-state index in [1.54, 1.807) is 14.0 Å². The van der Waals surface area contributed by atoms with Gasteiger partial charge in [0.05, 0.1) is 24.0 Å². The molecule has 2 aliphatic carbocycles. The van der Waals surface area contributed by atoms with E-state index in [4.69, 9.17) is 24.9 Å². The summed E-state index contributed by atoms with van der Waals surface area (Å²) in [5, 5.41) is 9.13. The number of methoxy groups -OCH3 is 1. The normalized spacial score (nSPS) is 20.6. The number of ether oxygens (including phenoxy) is 1. The van der Waals surface area contributed by atoms with Crippen LogP contribution in [0.15, 0.2) is 59.0 Å². The van der Waals surface area contributed by atoms with Crippen LogP contribution in [0, 0.1) is 18.8 Å². The van der Waals surface area contributed by atoms with Gasteiger partial charge >= 0.3 is 0 Å². The summed E-state index contributed by atoms with van der Waals surface area (Å²) in [4.78, 5) is 26.1. The molecule has 0 radical (unpaired) electrons. The van der Waals surface area contributed by atoms with Crippen LogP contribution in [0.4, 0.5) is 0 Å². The summed E-state index contributed by atoms with van der Waals surface area (Å²) >= 11 is 0. The summed E-state index contributed by atoms with van der Waals surface area (Å²) in [6.45, 7) is 3.37. The van der Waals surface area contributed by atoms with Crippen molar-refractivity contribution in [1.82, 2.24) is 34.2 Å². The smallest absolute Gasteiger partial charge is 0.254 e. The summed E-state index contributed by atoms with van der Waals surface area (Å²) in [5.41, 5.74) is 13.3. The third-order valence-corrected chi connectivity index (χ3v) is 10.4. The van der Waals surface area contributed by atoms with Gasteiger partial charge in [-0.3, -0.25) is 4.79 Å². The fraction of sp³-hybridized carbons (Fsp3) is 0.361. The minimum Gasteiger partial charge on any atom is -0.494 e. The molecule has 9 rings (SSSR count). The summed E-state index contributed by atoms with van der Waals surface area (Å²) in [6, 6.07) is 18.3. The lowest BCUT2D eigenvalue weighted by Crippen LogP contribution is -2.41. The highest BCUT2D eigenvalue weighted by atomic mass is 16.5. The number of nitrogens with zero attached hydrogens (tertiary/aromatic N) is 7. The molecule has 3 aliphatic rings. The van der Waals surface area contributed by atoms with Gasteiger partial charge in [-0.05, 0) is 80.0 Å². The molecule has 47 heavy (non-hydrogen) atoms. The number of nitrogens with two attached hydrogens (primary N) is 1. The molecule has 2 N–H and O–H groups in total. The maximum Gasteiger partial charge on any atom is 0.254 e. The van der Waals surface area contributed by atoms with Gasteiger partial charge in [-0.1, -0.05) is 12.1 Å². The molecule has 0 unspecified atom stereocenters. The van der Waals surface area contributed by atoms with Crippen LogP contribution in [-0.4, -0.2) is 65.8 Å². The van der Waals surface area contributed by atoms with Crippen molar-refractivity contribution in [3.05, 3.63) is 66.1 Å². The lowest BCUT2D eigenvalue weighted by molar-refractivity contribution is 0.0700. The highest BCUT2D eigenvalue weighted by Crippen LogP contribution is 2.40. The molecule has 3 atom stereocenters. The number of benzene rings is 2. The largest absolute Gasteiger partial charge is 0.494 e. The van der Waals surface area contributed by atoms with Gasteiger partial charge in [-0.25, -0.2) is 9.97 Å². The van der Waals surface area contributed by atoms with Gasteiger partial charge in [-0.2, -0.15) is 0 Å². The number of fused-ring (bicyclic) bond motifs is 4. The van der Waals surface area contributed by atoms with Crippen LogP contribution in [0.1, 0.15) is 41.9 Å². The van der Waals surface area contributed by atoms with Gasteiger partial charge < -0.3 is 28.9 Å². The summed E-state index contributed by atoms with van der Waals surface area (Å²) < 4.78 is 15.9. The second kappa shape index (κ2) is 10.5. The zero-order chi connectivity index (χ0) is 32.0. The lowest BCUT2D eigenvalue weighted by Gasteiger charge is -2.27. The topological polar surface area (TPSA) is 130 Å². The van der Waals surface area contributed by atoms with Gasteiger partial charge in [0.25, 0.3) is 5.91 Å². The minimum absolute atomic E-state index is 0.000124. The zero-order valence-electron chi connectivity index (χ0n) is 26.7. The Morgan fingerprint density at radius 1 is 1.00 bits per heavy atom. The molecule has 2 saturated carbocycles. The van der Waals surface area contributed by atoms with Crippen LogP contribution in [0.25, 0.3) is 56.3 Å². The molecule has 238 valence electrons. The molecule has 3 fully saturated rings. The van der Waals surface area contributed by atoms with Crippen LogP contribution >= 0.6 is 0 Å². The van der Waals surface area contributed by atoms with Crippen molar-refractivity contribution in [2.45, 2.75) is 51.2 Å². The van der Waals surface area contributed by atoms with Crippen LogP contribution in [0.5, 0.6) is 5.75 Å². The Balaban J connectivity index is 1.11. The van der Waals surface area contributed by atoms with Crippen LogP contribution < -0.4 is 10.5 Å². The molecule has 1 amide bonds. The maximum absolute atomic E-state index is 13.8. The average molecular weight is 629 g/mol. The Hall–Kier alpha value is -5.03. The molecule has 0 spiro atoms. The van der Waals surface area contributed by atoms with Crippen LogP contribution in [0.3, 0.4) is 0 Å². The SMILES string of the molecule is COc1cc(C(=O)N2C[C@H]3CC[C@@H]2[C@@H]3N)cc2nc(-c3cc4ccc(-c5ccc(-c6nnc(C)o6)cc5)nc4n3CC3CC3)n(C)c12. The standard InChI is InChI=1S/C36H36N8O3/c1-19-40-41-35(47-19)22-8-6-21(7-9-22)26-12-10-23-15-29(43(33(23)38-26)17-20-4-5-20)34-39-27-14-25(16-30(46-3)32(27)42(34)2)36(45)44-18-24-11-13-28(44)31(24)37/h6-10,12,14-16,20,24,28,31H,4-5,11,13,17-18,37H2,1-3H3/t24-,28-,31-/m1/s1. The predicted molar refractivity (Wildman–Crippen MR) is 178 cm³/mol. The second-order valence-electron chi connectivity index (χ2n) is 13.4. The van der Waals surface area contributed by atoms with Gasteiger partial charge in [0, 0.05) is 61.2 Å². The molecular weight excluding hydrogens is 592 g/mol. The molecule has 11 nitrogen and oxygen atoms in total. The number of carbonyl (C=O) groups is 1. The van der Waals surface area contributed by atoms with Gasteiger partial charge in [-0.15, -0.1) is 10.2 Å². The Kier molecular flexibility index (Phi) is 6.30. The Bertz CT molecular complexity index is 2190. The Morgan fingerprint density at radius 2 is 1.81 bits per heavy atom. The van der Waals surface area contributed by atoms with Gasteiger partial charge in [0.2, 0.25) is 11.8 Å². The fourth-order valence-electron chi connectivity index (χ4n) is 7.68. The molecule has 1 aliphatic heterocycles. The second-order valence-corrected chi connectivity index (χ2v) is 13.4. The predicted octanol–water partition coefficient (Wildman–Crippen LogP) is 5.60. The number of imidazole rings is 1. The minimum atomic E-state index is -0.000124. The summed E-state index contributed by atoms with van der Waals surface area (Å²) in [7, 11) is 3.66. The van der Waals surface area contributed by atoms with Crippen LogP contribution in [0.2, 0.25) is 0 Å². The zero-order valence-corrected chi connectivity index (χ0v) is 26.7. The van der Waals surface area contributed by atoms with Crippen molar-refractivity contribution >= 4 is 28.0 Å². The van der Waals surface area contributed by atoms with Gasteiger partial charge in [0.15, 0.2) is 5.82 Å². The first kappa shape index (κ1) is 28.2. The summed E-state index contributed by atoms with van der Waals surface area (Å²) in [6.07, 6.45) is 4.48. The number of likely N-dealkylation sites (tertiary alicyclic amines) is 1. The number of aryl methyl sites for hydroxylation is 2. The first-order valence-electron chi connectivity index (χ1n) is 16.4. The molecule has 11 heteroatoms. The average Bonchev–Trinajstić information content (AvgIpc) is 3.34. The van der Waals surface area contributed by atoms with E-state index in [2.05, 4.69) is 37.5 Å². The van der Waals surface area contributed by atoms with E-state index in [0.29, 0.717) is 34.9 Å². The Morgan fingerprint density at radius 3 is 2.49 bits per heavy atom. The number of carbonyl (C=O) groups excluding carboxylic acids is 1. The van der Waals surface area contributed by atoms with E-state index in [1.807, 2.05) is 48.3 Å². The maximum atomic E-state index is 13.8. The van der Waals surface area contributed by atoms with Crippen molar-refractivity contribution in [3.63, 3.8) is 0 Å². The van der Waals surface area contributed by atoms with Crippen molar-refractivity contribution in [2.75, 3.05) is 13.7 Å². The van der Waals surface area contributed by atoms with Crippen molar-refractivity contribution in [3.8, 4) is 40.0 Å². The van der Waals surface area contributed by atoms with Crippen molar-refractivity contribution < 1.29 is 13.9 Å². The molecular formula is C36H36N8O3. The number of rotatable bonds is 7.